The smallest absolute Gasteiger partial charge is 0.0243 e. The van der Waals surface area contributed by atoms with Gasteiger partial charge in [-0.25, -0.2) is 0 Å². The lowest BCUT2D eigenvalue weighted by atomic mass is 9.63. The second-order valence-corrected chi connectivity index (χ2v) is 9.40. The molecule has 0 aliphatic heterocycles. The molecule has 0 aromatic heterocycles. The van der Waals surface area contributed by atoms with E-state index in [1.165, 1.54) is 12.8 Å². The van der Waals surface area contributed by atoms with E-state index in [1.54, 1.807) is 32.1 Å². The van der Waals surface area contributed by atoms with Crippen molar-refractivity contribution in [2.75, 3.05) is 0 Å². The Balaban J connectivity index is 1.53. The van der Waals surface area contributed by atoms with Gasteiger partial charge in [0.15, 0.2) is 0 Å². The van der Waals surface area contributed by atoms with Crippen LogP contribution in [0.15, 0.2) is 0 Å². The van der Waals surface area contributed by atoms with Crippen LogP contribution >= 0.6 is 0 Å². The van der Waals surface area contributed by atoms with Crippen molar-refractivity contribution in [1.29, 1.82) is 0 Å². The van der Waals surface area contributed by atoms with Gasteiger partial charge in [-0.3, -0.25) is 0 Å². The molecule has 4 rings (SSSR count). The zero-order chi connectivity index (χ0) is 13.4. The first-order valence-electron chi connectivity index (χ1n) is 8.93. The fourth-order valence-electron chi connectivity index (χ4n) is 7.16. The highest BCUT2D eigenvalue weighted by atomic mass is 14.7. The summed E-state index contributed by atoms with van der Waals surface area (Å²) in [6, 6.07) is 0. The van der Waals surface area contributed by atoms with E-state index in [0.29, 0.717) is 10.8 Å². The predicted octanol–water partition coefficient (Wildman–Crippen LogP) is 5.52. The van der Waals surface area contributed by atoms with Gasteiger partial charge in [-0.15, -0.1) is 0 Å². The third-order valence-corrected chi connectivity index (χ3v) is 9.07. The summed E-state index contributed by atoms with van der Waals surface area (Å²) in [4.78, 5) is 0. The van der Waals surface area contributed by atoms with Crippen LogP contribution in [0, 0.1) is 46.3 Å². The van der Waals surface area contributed by atoms with Crippen molar-refractivity contribution in [1.82, 2.24) is 0 Å². The third kappa shape index (κ3) is 1.47. The summed E-state index contributed by atoms with van der Waals surface area (Å²) in [5, 5.41) is 0. The second-order valence-electron chi connectivity index (χ2n) is 9.40. The minimum absolute atomic E-state index is 0.624. The van der Waals surface area contributed by atoms with E-state index in [-0.39, 0.29) is 0 Å². The molecular formula is C19H32. The normalized spacial score (nSPS) is 58.1. The lowest BCUT2D eigenvalue weighted by Crippen LogP contribution is -2.34. The monoisotopic (exact) mass is 260 g/mol. The minimum atomic E-state index is 0.624. The van der Waals surface area contributed by atoms with Crippen molar-refractivity contribution in [3.63, 3.8) is 0 Å². The number of hydrogen-bond acceptors (Lipinski definition) is 0. The number of fused-ring (bicyclic) bond motifs is 4. The van der Waals surface area contributed by atoms with Crippen molar-refractivity contribution in [3.8, 4) is 0 Å². The lowest BCUT2D eigenvalue weighted by Gasteiger charge is -2.42. The van der Waals surface area contributed by atoms with Crippen LogP contribution in [0.1, 0.15) is 72.6 Å². The van der Waals surface area contributed by atoms with Crippen molar-refractivity contribution < 1.29 is 0 Å². The lowest BCUT2D eigenvalue weighted by molar-refractivity contribution is 0.0699. The van der Waals surface area contributed by atoms with Gasteiger partial charge in [0.2, 0.25) is 0 Å². The Bertz CT molecular complexity index is 379. The molecule has 4 bridgehead atoms. The van der Waals surface area contributed by atoms with E-state index in [1.807, 2.05) is 0 Å². The highest BCUT2D eigenvalue weighted by molar-refractivity contribution is 5.11. The summed E-state index contributed by atoms with van der Waals surface area (Å²) in [5.41, 5.74) is 1.29. The van der Waals surface area contributed by atoms with Crippen LogP contribution in [0.25, 0.3) is 0 Å². The molecule has 4 aliphatic rings. The van der Waals surface area contributed by atoms with Gasteiger partial charge in [0, 0.05) is 0 Å². The van der Waals surface area contributed by atoms with E-state index in [0.717, 1.165) is 35.5 Å². The van der Waals surface area contributed by atoms with Crippen LogP contribution in [-0.4, -0.2) is 0 Å². The van der Waals surface area contributed by atoms with Crippen molar-refractivity contribution in [2.24, 2.45) is 46.3 Å². The molecule has 4 aliphatic carbocycles. The maximum absolute atomic E-state index is 2.64. The standard InChI is InChI=1S/C19H32/c1-12-13-5-6-14(9-13)17(12)11-16-10-15-7-8-19(16,4)18(15,2)3/h12-17H,5-11H2,1-4H3. The van der Waals surface area contributed by atoms with Gasteiger partial charge < -0.3 is 0 Å². The van der Waals surface area contributed by atoms with E-state index >= 15 is 0 Å². The van der Waals surface area contributed by atoms with Crippen LogP contribution < -0.4 is 0 Å². The molecular weight excluding hydrogens is 228 g/mol. The van der Waals surface area contributed by atoms with Crippen LogP contribution in [-0.2, 0) is 0 Å². The Morgan fingerprint density at radius 2 is 1.68 bits per heavy atom. The van der Waals surface area contributed by atoms with E-state index < -0.39 is 0 Å². The summed E-state index contributed by atoms with van der Waals surface area (Å²) in [5.74, 6) is 6.45. The highest BCUT2D eigenvalue weighted by Crippen LogP contribution is 2.70. The molecule has 0 heteroatoms. The highest BCUT2D eigenvalue weighted by Gasteiger charge is 2.61. The molecule has 0 nitrogen and oxygen atoms in total. The Hall–Kier alpha value is 0. The Morgan fingerprint density at radius 3 is 2.21 bits per heavy atom. The van der Waals surface area contributed by atoms with Crippen molar-refractivity contribution in [3.05, 3.63) is 0 Å². The van der Waals surface area contributed by atoms with Crippen molar-refractivity contribution in [2.45, 2.75) is 72.6 Å². The van der Waals surface area contributed by atoms with E-state index in [9.17, 15) is 0 Å². The summed E-state index contributed by atoms with van der Waals surface area (Å²) < 4.78 is 0. The molecule has 19 heavy (non-hydrogen) atoms. The molecule has 7 atom stereocenters. The molecule has 7 unspecified atom stereocenters. The molecule has 0 aromatic rings. The zero-order valence-electron chi connectivity index (χ0n) is 13.4. The topological polar surface area (TPSA) is 0 Å². The van der Waals surface area contributed by atoms with Gasteiger partial charge in [0.25, 0.3) is 0 Å². The fourth-order valence-corrected chi connectivity index (χ4v) is 7.16. The molecule has 0 amide bonds. The van der Waals surface area contributed by atoms with Gasteiger partial charge in [-0.1, -0.05) is 27.7 Å². The SMILES string of the molecule is CC1C2CCC(C2)C1CC1CC2CCC1(C)C2(C)C. The van der Waals surface area contributed by atoms with Gasteiger partial charge in [-0.05, 0) is 91.3 Å². The minimum Gasteiger partial charge on any atom is -0.0620 e. The molecule has 0 aromatic carbocycles. The van der Waals surface area contributed by atoms with Crippen LogP contribution in [0.5, 0.6) is 0 Å². The molecule has 4 saturated carbocycles. The molecule has 0 saturated heterocycles. The summed E-state index contributed by atoms with van der Waals surface area (Å²) in [6.45, 7) is 10.4. The Labute approximate surface area is 119 Å². The van der Waals surface area contributed by atoms with Crippen LogP contribution in [0.4, 0.5) is 0 Å². The van der Waals surface area contributed by atoms with Crippen molar-refractivity contribution >= 4 is 0 Å². The largest absolute Gasteiger partial charge is 0.0620 e. The molecule has 0 spiro atoms. The van der Waals surface area contributed by atoms with Gasteiger partial charge in [0.05, 0.1) is 0 Å². The average molecular weight is 260 g/mol. The molecule has 0 radical (unpaired) electrons. The summed E-state index contributed by atoms with van der Waals surface area (Å²) >= 11 is 0. The number of hydrogen-bond donors (Lipinski definition) is 0. The fraction of sp³-hybridized carbons (Fsp3) is 1.00. The van der Waals surface area contributed by atoms with Crippen LogP contribution in [0.2, 0.25) is 0 Å². The summed E-state index contributed by atoms with van der Waals surface area (Å²) in [7, 11) is 0. The Morgan fingerprint density at radius 1 is 0.947 bits per heavy atom. The first kappa shape index (κ1) is 12.7. The van der Waals surface area contributed by atoms with E-state index in [4.69, 9.17) is 0 Å². The zero-order valence-corrected chi connectivity index (χ0v) is 13.4. The quantitative estimate of drug-likeness (QED) is 0.613. The third-order valence-electron chi connectivity index (χ3n) is 9.07. The predicted molar refractivity (Wildman–Crippen MR) is 80.8 cm³/mol. The molecule has 0 N–H and O–H groups in total. The van der Waals surface area contributed by atoms with E-state index in [2.05, 4.69) is 27.7 Å². The van der Waals surface area contributed by atoms with Gasteiger partial charge >= 0.3 is 0 Å². The van der Waals surface area contributed by atoms with Gasteiger partial charge in [-0.2, -0.15) is 0 Å². The van der Waals surface area contributed by atoms with Crippen LogP contribution in [0.3, 0.4) is 0 Å². The molecule has 0 heterocycles. The molecule has 4 fully saturated rings. The first-order chi connectivity index (χ1) is 8.93. The average Bonchev–Trinajstić information content (AvgIpc) is 3.03. The second kappa shape index (κ2) is 3.80. The molecule has 108 valence electrons. The summed E-state index contributed by atoms with van der Waals surface area (Å²) in [6.07, 6.45) is 10.9. The number of rotatable bonds is 2. The first-order valence-corrected chi connectivity index (χ1v) is 8.93. The maximum Gasteiger partial charge on any atom is -0.0243 e. The maximum atomic E-state index is 2.64. The van der Waals surface area contributed by atoms with Gasteiger partial charge in [0.1, 0.15) is 0 Å². The Kier molecular flexibility index (Phi) is 2.54.